The number of aryl methyl sites for hydroxylation is 1. The number of hydrogen-bond donors (Lipinski definition) is 2. The second-order valence-electron chi connectivity index (χ2n) is 5.62. The molecular weight excluding hydrogens is 264 g/mol. The molecule has 0 aliphatic carbocycles. The van der Waals surface area contributed by atoms with E-state index in [1.54, 1.807) is 0 Å². The summed E-state index contributed by atoms with van der Waals surface area (Å²) in [5.74, 6) is 0.726. The molecule has 3 heteroatoms. The van der Waals surface area contributed by atoms with Crippen LogP contribution < -0.4 is 4.74 Å². The van der Waals surface area contributed by atoms with Crippen molar-refractivity contribution in [1.29, 1.82) is 0 Å². The van der Waals surface area contributed by atoms with E-state index in [-0.39, 0.29) is 13.2 Å². The molecule has 0 fully saturated rings. The van der Waals surface area contributed by atoms with Gasteiger partial charge < -0.3 is 14.9 Å². The summed E-state index contributed by atoms with van der Waals surface area (Å²) in [5, 5.41) is 18.1. The molecule has 0 aromatic heterocycles. The molecule has 0 bridgehead atoms. The minimum Gasteiger partial charge on any atom is -0.486 e. The first-order chi connectivity index (χ1) is 10.3. The Morgan fingerprint density at radius 3 is 2.29 bits per heavy atom. The van der Waals surface area contributed by atoms with Crippen molar-refractivity contribution in [3.8, 4) is 5.75 Å². The molecule has 0 saturated carbocycles. The zero-order valence-corrected chi connectivity index (χ0v) is 13.3. The van der Waals surface area contributed by atoms with Crippen molar-refractivity contribution >= 4 is 0 Å². The quantitative estimate of drug-likeness (QED) is 0.578. The van der Waals surface area contributed by atoms with E-state index in [1.165, 1.54) is 50.5 Å². The fourth-order valence-electron chi connectivity index (χ4n) is 2.39. The van der Waals surface area contributed by atoms with Crippen LogP contribution in [0.15, 0.2) is 24.3 Å². The van der Waals surface area contributed by atoms with Crippen molar-refractivity contribution < 1.29 is 14.9 Å². The van der Waals surface area contributed by atoms with E-state index in [1.807, 2.05) is 18.2 Å². The minimum atomic E-state index is -0.529. The van der Waals surface area contributed by atoms with Gasteiger partial charge in [-0.25, -0.2) is 0 Å². The van der Waals surface area contributed by atoms with Gasteiger partial charge in [-0.3, -0.25) is 0 Å². The molecule has 120 valence electrons. The van der Waals surface area contributed by atoms with Crippen LogP contribution in [0.2, 0.25) is 0 Å². The number of rotatable bonds is 12. The second-order valence-corrected chi connectivity index (χ2v) is 5.62. The molecule has 0 spiro atoms. The monoisotopic (exact) mass is 294 g/mol. The van der Waals surface area contributed by atoms with Gasteiger partial charge in [0.05, 0.1) is 13.2 Å². The molecule has 1 aromatic rings. The van der Waals surface area contributed by atoms with Crippen LogP contribution in [0.3, 0.4) is 0 Å². The SMILES string of the molecule is CCCCCCCCCc1cccc(OC(CO)CO)c1. The van der Waals surface area contributed by atoms with Crippen molar-refractivity contribution in [2.45, 2.75) is 64.4 Å². The van der Waals surface area contributed by atoms with Crippen LogP contribution in [-0.4, -0.2) is 29.5 Å². The standard InChI is InChI=1S/C18H30O3/c1-2-3-4-5-6-7-8-10-16-11-9-12-17(13-16)21-18(14-19)15-20/h9,11-13,18-20H,2-8,10,14-15H2,1H3. The van der Waals surface area contributed by atoms with E-state index >= 15 is 0 Å². The van der Waals surface area contributed by atoms with Crippen molar-refractivity contribution in [1.82, 2.24) is 0 Å². The average Bonchev–Trinajstić information content (AvgIpc) is 2.52. The lowest BCUT2D eigenvalue weighted by Gasteiger charge is -2.14. The van der Waals surface area contributed by atoms with Crippen LogP contribution in [0.1, 0.15) is 57.4 Å². The average molecular weight is 294 g/mol. The third-order valence-corrected chi connectivity index (χ3v) is 3.68. The fourth-order valence-corrected chi connectivity index (χ4v) is 2.39. The van der Waals surface area contributed by atoms with Gasteiger partial charge in [0.25, 0.3) is 0 Å². The fraction of sp³-hybridized carbons (Fsp3) is 0.667. The highest BCUT2D eigenvalue weighted by atomic mass is 16.5. The van der Waals surface area contributed by atoms with Gasteiger partial charge >= 0.3 is 0 Å². The lowest BCUT2D eigenvalue weighted by atomic mass is 10.0. The molecular formula is C18H30O3. The van der Waals surface area contributed by atoms with Gasteiger partial charge in [0, 0.05) is 0 Å². The maximum absolute atomic E-state index is 9.03. The summed E-state index contributed by atoms with van der Waals surface area (Å²) in [6.07, 6.45) is 9.73. The Labute approximate surface area is 129 Å². The number of ether oxygens (including phenoxy) is 1. The van der Waals surface area contributed by atoms with Gasteiger partial charge in [0.1, 0.15) is 11.9 Å². The topological polar surface area (TPSA) is 49.7 Å². The van der Waals surface area contributed by atoms with Gasteiger partial charge in [-0.2, -0.15) is 0 Å². The smallest absolute Gasteiger partial charge is 0.145 e. The van der Waals surface area contributed by atoms with E-state index in [2.05, 4.69) is 13.0 Å². The first-order valence-electron chi connectivity index (χ1n) is 8.27. The van der Waals surface area contributed by atoms with Crippen molar-refractivity contribution in [2.24, 2.45) is 0 Å². The predicted molar refractivity (Wildman–Crippen MR) is 86.7 cm³/mol. The molecule has 2 N–H and O–H groups in total. The summed E-state index contributed by atoms with van der Waals surface area (Å²) in [6.45, 7) is 1.91. The van der Waals surface area contributed by atoms with E-state index in [0.717, 1.165) is 12.2 Å². The summed E-state index contributed by atoms with van der Waals surface area (Å²) in [7, 11) is 0. The Kier molecular flexibility index (Phi) is 9.92. The number of benzene rings is 1. The number of aliphatic hydroxyl groups excluding tert-OH is 2. The summed E-state index contributed by atoms with van der Waals surface area (Å²) in [6, 6.07) is 7.95. The molecule has 0 unspecified atom stereocenters. The molecule has 0 heterocycles. The molecule has 1 rings (SSSR count). The van der Waals surface area contributed by atoms with E-state index < -0.39 is 6.10 Å². The van der Waals surface area contributed by atoms with Gasteiger partial charge in [-0.1, -0.05) is 57.6 Å². The van der Waals surface area contributed by atoms with Crippen LogP contribution in [0, 0.1) is 0 Å². The highest BCUT2D eigenvalue weighted by Gasteiger charge is 2.07. The third-order valence-electron chi connectivity index (χ3n) is 3.68. The number of hydrogen-bond acceptors (Lipinski definition) is 3. The predicted octanol–water partition coefficient (Wildman–Crippen LogP) is 3.71. The molecule has 0 amide bonds. The zero-order valence-electron chi connectivity index (χ0n) is 13.3. The Balaban J connectivity index is 2.26. The second kappa shape index (κ2) is 11.6. The van der Waals surface area contributed by atoms with Crippen LogP contribution in [0.5, 0.6) is 5.75 Å². The van der Waals surface area contributed by atoms with Gasteiger partial charge in [-0.15, -0.1) is 0 Å². The van der Waals surface area contributed by atoms with Crippen molar-refractivity contribution in [3.05, 3.63) is 29.8 Å². The molecule has 0 saturated heterocycles. The maximum atomic E-state index is 9.03. The van der Waals surface area contributed by atoms with Crippen LogP contribution in [-0.2, 0) is 6.42 Å². The molecule has 21 heavy (non-hydrogen) atoms. The summed E-state index contributed by atoms with van der Waals surface area (Å²) in [5.41, 5.74) is 1.26. The first kappa shape index (κ1) is 18.0. The molecule has 1 aromatic carbocycles. The van der Waals surface area contributed by atoms with Crippen molar-refractivity contribution in [3.63, 3.8) is 0 Å². The molecule has 3 nitrogen and oxygen atoms in total. The lowest BCUT2D eigenvalue weighted by Crippen LogP contribution is -2.25. The van der Waals surface area contributed by atoms with Crippen LogP contribution in [0.25, 0.3) is 0 Å². The summed E-state index contributed by atoms with van der Waals surface area (Å²) >= 11 is 0. The minimum absolute atomic E-state index is 0.168. The van der Waals surface area contributed by atoms with Crippen LogP contribution in [0.4, 0.5) is 0 Å². The van der Waals surface area contributed by atoms with E-state index in [0.29, 0.717) is 0 Å². The van der Waals surface area contributed by atoms with E-state index in [4.69, 9.17) is 14.9 Å². The Hall–Kier alpha value is -1.06. The molecule has 0 aliphatic rings. The van der Waals surface area contributed by atoms with Crippen LogP contribution >= 0.6 is 0 Å². The number of aliphatic hydroxyl groups is 2. The number of unbranched alkanes of at least 4 members (excludes halogenated alkanes) is 6. The normalized spacial score (nSPS) is 11.0. The Bertz CT molecular complexity index is 361. The largest absolute Gasteiger partial charge is 0.486 e. The third kappa shape index (κ3) is 8.08. The van der Waals surface area contributed by atoms with Gasteiger partial charge in [0.15, 0.2) is 0 Å². The summed E-state index contributed by atoms with van der Waals surface area (Å²) in [4.78, 5) is 0. The highest BCUT2D eigenvalue weighted by molar-refractivity contribution is 5.28. The summed E-state index contributed by atoms with van der Waals surface area (Å²) < 4.78 is 5.53. The zero-order chi connectivity index (χ0) is 15.3. The van der Waals surface area contributed by atoms with Gasteiger partial charge in [0.2, 0.25) is 0 Å². The molecule has 0 aliphatic heterocycles. The van der Waals surface area contributed by atoms with E-state index in [9.17, 15) is 0 Å². The van der Waals surface area contributed by atoms with Crippen molar-refractivity contribution in [2.75, 3.05) is 13.2 Å². The maximum Gasteiger partial charge on any atom is 0.145 e. The first-order valence-corrected chi connectivity index (χ1v) is 8.27. The molecule has 0 radical (unpaired) electrons. The lowest BCUT2D eigenvalue weighted by molar-refractivity contribution is 0.0629. The highest BCUT2D eigenvalue weighted by Crippen LogP contribution is 2.17. The Morgan fingerprint density at radius 2 is 1.62 bits per heavy atom. The van der Waals surface area contributed by atoms with Gasteiger partial charge in [-0.05, 0) is 30.5 Å². The molecule has 0 atom stereocenters. The Morgan fingerprint density at radius 1 is 0.952 bits per heavy atom.